The van der Waals surface area contributed by atoms with E-state index >= 15 is 0 Å². The molecule has 0 aliphatic heterocycles. The maximum atomic E-state index is 12.6. The predicted octanol–water partition coefficient (Wildman–Crippen LogP) is 6.22. The van der Waals surface area contributed by atoms with Gasteiger partial charge in [-0.25, -0.2) is 0 Å². The van der Waals surface area contributed by atoms with Crippen LogP contribution in [0.3, 0.4) is 0 Å². The smallest absolute Gasteiger partial charge is 0.237 e. The molecule has 1 amide bonds. The summed E-state index contributed by atoms with van der Waals surface area (Å²) < 4.78 is 1.79. The summed E-state index contributed by atoms with van der Waals surface area (Å²) in [4.78, 5) is 12.6. The SMILES string of the molecule is CC(Sc1nnc(-c2ccccc2Cl)n1C)C(=O)Nc1cc(Cl)c(Cl)cc1Cl. The molecule has 1 aromatic heterocycles. The zero-order valence-corrected chi connectivity index (χ0v) is 18.6. The fraction of sp³-hybridized carbons (Fsp3) is 0.167. The van der Waals surface area contributed by atoms with E-state index in [1.165, 1.54) is 23.9 Å². The van der Waals surface area contributed by atoms with E-state index < -0.39 is 5.25 Å². The van der Waals surface area contributed by atoms with Crippen LogP contribution in [0.25, 0.3) is 11.4 Å². The van der Waals surface area contributed by atoms with Crippen molar-refractivity contribution in [2.75, 3.05) is 5.32 Å². The Morgan fingerprint density at radius 3 is 2.43 bits per heavy atom. The lowest BCUT2D eigenvalue weighted by Crippen LogP contribution is -2.23. The van der Waals surface area contributed by atoms with Crippen molar-refractivity contribution in [3.05, 3.63) is 56.5 Å². The molecule has 1 unspecified atom stereocenters. The Morgan fingerprint density at radius 1 is 1.04 bits per heavy atom. The van der Waals surface area contributed by atoms with Crippen LogP contribution in [-0.4, -0.2) is 25.9 Å². The van der Waals surface area contributed by atoms with Gasteiger partial charge in [-0.15, -0.1) is 10.2 Å². The summed E-state index contributed by atoms with van der Waals surface area (Å²) in [7, 11) is 1.82. The number of carbonyl (C=O) groups is 1. The molecule has 28 heavy (non-hydrogen) atoms. The first-order valence-electron chi connectivity index (χ1n) is 8.04. The van der Waals surface area contributed by atoms with Gasteiger partial charge in [-0.2, -0.15) is 0 Å². The first kappa shape index (κ1) is 21.3. The third-order valence-electron chi connectivity index (χ3n) is 3.87. The van der Waals surface area contributed by atoms with Crippen LogP contribution < -0.4 is 5.32 Å². The molecule has 5 nitrogen and oxygen atoms in total. The second-order valence-corrected chi connectivity index (χ2v) is 8.78. The molecule has 0 aliphatic carbocycles. The number of nitrogens with one attached hydrogen (secondary N) is 1. The lowest BCUT2D eigenvalue weighted by molar-refractivity contribution is -0.115. The fourth-order valence-electron chi connectivity index (χ4n) is 2.36. The average Bonchev–Trinajstić information content (AvgIpc) is 3.00. The molecule has 1 atom stereocenters. The lowest BCUT2D eigenvalue weighted by atomic mass is 10.2. The van der Waals surface area contributed by atoms with Crippen molar-refractivity contribution in [2.45, 2.75) is 17.3 Å². The van der Waals surface area contributed by atoms with Crippen molar-refractivity contribution >= 4 is 69.8 Å². The van der Waals surface area contributed by atoms with Crippen molar-refractivity contribution in [3.63, 3.8) is 0 Å². The van der Waals surface area contributed by atoms with Crippen molar-refractivity contribution in [2.24, 2.45) is 7.05 Å². The fourth-order valence-corrected chi connectivity index (χ4v) is 3.99. The molecule has 3 rings (SSSR count). The Hall–Kier alpha value is -1.44. The minimum Gasteiger partial charge on any atom is -0.324 e. The van der Waals surface area contributed by atoms with Gasteiger partial charge in [0.15, 0.2) is 11.0 Å². The summed E-state index contributed by atoms with van der Waals surface area (Å²) in [5.41, 5.74) is 1.16. The number of carbonyl (C=O) groups excluding carboxylic acids is 1. The highest BCUT2D eigenvalue weighted by Crippen LogP contribution is 2.33. The predicted molar refractivity (Wildman–Crippen MR) is 117 cm³/mol. The van der Waals surface area contributed by atoms with E-state index in [0.29, 0.717) is 36.8 Å². The Bertz CT molecular complexity index is 1040. The van der Waals surface area contributed by atoms with E-state index in [0.717, 1.165) is 5.56 Å². The van der Waals surface area contributed by atoms with Crippen LogP contribution in [0.4, 0.5) is 5.69 Å². The van der Waals surface area contributed by atoms with Gasteiger partial charge in [0.2, 0.25) is 5.91 Å². The largest absolute Gasteiger partial charge is 0.324 e. The quantitative estimate of drug-likeness (QED) is 0.351. The molecular weight excluding hydrogens is 462 g/mol. The summed E-state index contributed by atoms with van der Waals surface area (Å²) in [5, 5.41) is 12.8. The third kappa shape index (κ3) is 4.58. The first-order valence-corrected chi connectivity index (χ1v) is 10.4. The van der Waals surface area contributed by atoms with Crippen LogP contribution in [-0.2, 0) is 11.8 Å². The molecule has 146 valence electrons. The molecule has 10 heteroatoms. The van der Waals surface area contributed by atoms with Gasteiger partial charge in [-0.1, -0.05) is 70.3 Å². The van der Waals surface area contributed by atoms with E-state index in [-0.39, 0.29) is 5.91 Å². The maximum absolute atomic E-state index is 12.6. The van der Waals surface area contributed by atoms with Gasteiger partial charge < -0.3 is 9.88 Å². The number of rotatable bonds is 5. The van der Waals surface area contributed by atoms with Crippen LogP contribution in [0, 0.1) is 0 Å². The molecule has 1 heterocycles. The molecule has 3 aromatic rings. The van der Waals surface area contributed by atoms with Crippen molar-refractivity contribution in [3.8, 4) is 11.4 Å². The molecule has 0 saturated heterocycles. The third-order valence-corrected chi connectivity index (χ3v) is 6.37. The Labute approximate surface area is 186 Å². The minimum absolute atomic E-state index is 0.257. The average molecular weight is 476 g/mol. The van der Waals surface area contributed by atoms with Crippen LogP contribution in [0.5, 0.6) is 0 Å². The van der Waals surface area contributed by atoms with E-state index in [2.05, 4.69) is 15.5 Å². The topological polar surface area (TPSA) is 59.8 Å². The minimum atomic E-state index is -0.465. The molecule has 2 aromatic carbocycles. The van der Waals surface area contributed by atoms with E-state index in [1.807, 2.05) is 25.2 Å². The number of benzene rings is 2. The first-order chi connectivity index (χ1) is 13.3. The highest BCUT2D eigenvalue weighted by molar-refractivity contribution is 8.00. The number of halogens is 4. The van der Waals surface area contributed by atoms with Gasteiger partial charge in [0.05, 0.1) is 31.0 Å². The highest BCUT2D eigenvalue weighted by atomic mass is 35.5. The van der Waals surface area contributed by atoms with Crippen LogP contribution >= 0.6 is 58.2 Å². The Morgan fingerprint density at radius 2 is 1.71 bits per heavy atom. The van der Waals surface area contributed by atoms with Crippen molar-refractivity contribution < 1.29 is 4.79 Å². The number of aromatic nitrogens is 3. The van der Waals surface area contributed by atoms with Crippen molar-refractivity contribution in [1.29, 1.82) is 0 Å². The number of anilines is 1. The van der Waals surface area contributed by atoms with Crippen LogP contribution in [0.1, 0.15) is 6.92 Å². The molecule has 0 aliphatic rings. The Kier molecular flexibility index (Phi) is 6.78. The molecular formula is C18H14Cl4N4OS. The number of hydrogen-bond donors (Lipinski definition) is 1. The number of hydrogen-bond acceptors (Lipinski definition) is 4. The highest BCUT2D eigenvalue weighted by Gasteiger charge is 2.21. The van der Waals surface area contributed by atoms with Gasteiger partial charge in [-0.05, 0) is 31.2 Å². The molecule has 1 N–H and O–H groups in total. The van der Waals surface area contributed by atoms with Gasteiger partial charge in [-0.3, -0.25) is 4.79 Å². The summed E-state index contributed by atoms with van der Waals surface area (Å²) in [6.45, 7) is 1.76. The van der Waals surface area contributed by atoms with Crippen LogP contribution in [0.15, 0.2) is 41.6 Å². The monoisotopic (exact) mass is 474 g/mol. The molecule has 0 radical (unpaired) electrons. The standard InChI is InChI=1S/C18H14Cl4N4OS/c1-9(17(27)23-15-8-13(21)12(20)7-14(15)22)28-18-25-24-16(26(18)2)10-5-3-4-6-11(10)19/h3-9H,1-2H3,(H,23,27). The Balaban J connectivity index is 1.75. The summed E-state index contributed by atoms with van der Waals surface area (Å²) in [6.07, 6.45) is 0. The molecule has 0 saturated carbocycles. The van der Waals surface area contributed by atoms with Gasteiger partial charge in [0.1, 0.15) is 0 Å². The zero-order chi connectivity index (χ0) is 20.4. The van der Waals surface area contributed by atoms with Crippen molar-refractivity contribution in [1.82, 2.24) is 14.8 Å². The zero-order valence-electron chi connectivity index (χ0n) is 14.7. The maximum Gasteiger partial charge on any atom is 0.237 e. The summed E-state index contributed by atoms with van der Waals surface area (Å²) >= 11 is 25.5. The van der Waals surface area contributed by atoms with Gasteiger partial charge in [0, 0.05) is 12.6 Å². The lowest BCUT2D eigenvalue weighted by Gasteiger charge is -2.13. The van der Waals surface area contributed by atoms with E-state index in [9.17, 15) is 4.79 Å². The number of amides is 1. The summed E-state index contributed by atoms with van der Waals surface area (Å²) in [5.74, 6) is 0.362. The molecule has 0 bridgehead atoms. The number of nitrogens with zero attached hydrogens (tertiary/aromatic N) is 3. The molecule has 0 spiro atoms. The summed E-state index contributed by atoms with van der Waals surface area (Å²) in [6, 6.07) is 10.4. The van der Waals surface area contributed by atoms with Gasteiger partial charge in [0.25, 0.3) is 0 Å². The normalized spacial score (nSPS) is 12.1. The van der Waals surface area contributed by atoms with E-state index in [1.54, 1.807) is 17.6 Å². The second-order valence-electron chi connectivity index (χ2n) is 5.84. The molecule has 0 fully saturated rings. The second kappa shape index (κ2) is 8.93. The number of thioether (sulfide) groups is 1. The van der Waals surface area contributed by atoms with Gasteiger partial charge >= 0.3 is 0 Å². The van der Waals surface area contributed by atoms with Crippen LogP contribution in [0.2, 0.25) is 20.1 Å². The van der Waals surface area contributed by atoms with E-state index in [4.69, 9.17) is 46.4 Å².